The van der Waals surface area contributed by atoms with Crippen molar-refractivity contribution in [1.29, 1.82) is 0 Å². The lowest BCUT2D eigenvalue weighted by Gasteiger charge is -2.09. The Morgan fingerprint density at radius 1 is 1.50 bits per heavy atom. The summed E-state index contributed by atoms with van der Waals surface area (Å²) in [5.74, 6) is 1.03. The summed E-state index contributed by atoms with van der Waals surface area (Å²) in [6, 6.07) is 7.21. The smallest absolute Gasteiger partial charge is 0.237 e. The van der Waals surface area contributed by atoms with Crippen LogP contribution in [-0.2, 0) is 11.2 Å². The number of amides is 1. The van der Waals surface area contributed by atoms with Crippen molar-refractivity contribution < 1.29 is 9.32 Å². The van der Waals surface area contributed by atoms with Gasteiger partial charge in [-0.25, -0.2) is 0 Å². The number of hydrogen-bond donors (Lipinski definition) is 2. The highest BCUT2D eigenvalue weighted by atomic mass is 35.5. The first-order valence-corrected chi connectivity index (χ1v) is 7.70. The summed E-state index contributed by atoms with van der Waals surface area (Å²) >= 11 is 5.94. The fraction of sp³-hybridized carbons (Fsp3) is 0.400. The largest absolute Gasteiger partial charge is 0.354 e. The molecule has 1 aliphatic heterocycles. The number of nitrogens with one attached hydrogen (secondary N) is 2. The predicted octanol–water partition coefficient (Wildman–Crippen LogP) is 1.80. The van der Waals surface area contributed by atoms with Crippen LogP contribution in [0.3, 0.4) is 0 Å². The number of carbonyl (C=O) groups excluding carboxylic acids is 1. The van der Waals surface area contributed by atoms with Gasteiger partial charge < -0.3 is 15.2 Å². The Kier molecular flexibility index (Phi) is 4.70. The molecule has 0 bridgehead atoms. The molecule has 2 N–H and O–H groups in total. The molecule has 1 amide bonds. The molecule has 1 saturated heterocycles. The monoisotopic (exact) mass is 320 g/mol. The van der Waals surface area contributed by atoms with Crippen LogP contribution in [0.5, 0.6) is 0 Å². The fourth-order valence-corrected chi connectivity index (χ4v) is 2.62. The minimum absolute atomic E-state index is 0.0343. The highest BCUT2D eigenvalue weighted by molar-refractivity contribution is 6.30. The zero-order chi connectivity index (χ0) is 15.4. The average molecular weight is 321 g/mol. The van der Waals surface area contributed by atoms with Crippen LogP contribution in [0.1, 0.15) is 18.7 Å². The van der Waals surface area contributed by atoms with Crippen LogP contribution in [0.2, 0.25) is 5.02 Å². The van der Waals surface area contributed by atoms with Gasteiger partial charge >= 0.3 is 0 Å². The standard InChI is InChI=1S/C15H17ClN4O2/c16-11-4-1-3-10(9-11)14-19-13(22-20-14)6-8-18-15(21)12-5-2-7-17-12/h1,3-4,9,12,17H,2,5-8H2,(H,18,21). The molecule has 0 saturated carbocycles. The van der Waals surface area contributed by atoms with E-state index in [-0.39, 0.29) is 11.9 Å². The predicted molar refractivity (Wildman–Crippen MR) is 82.5 cm³/mol. The number of aromatic nitrogens is 2. The van der Waals surface area contributed by atoms with E-state index in [0.29, 0.717) is 29.7 Å². The summed E-state index contributed by atoms with van der Waals surface area (Å²) in [7, 11) is 0. The van der Waals surface area contributed by atoms with Crippen LogP contribution >= 0.6 is 11.6 Å². The quantitative estimate of drug-likeness (QED) is 0.878. The van der Waals surface area contributed by atoms with Gasteiger partial charge in [0.15, 0.2) is 0 Å². The van der Waals surface area contributed by atoms with Crippen molar-refractivity contribution >= 4 is 17.5 Å². The van der Waals surface area contributed by atoms with Crippen LogP contribution in [0.15, 0.2) is 28.8 Å². The van der Waals surface area contributed by atoms with Crippen LogP contribution in [0.4, 0.5) is 0 Å². The third kappa shape index (κ3) is 3.64. The molecule has 1 aliphatic rings. The lowest BCUT2D eigenvalue weighted by atomic mass is 10.2. The van der Waals surface area contributed by atoms with Gasteiger partial charge in [0.2, 0.25) is 17.6 Å². The molecular weight excluding hydrogens is 304 g/mol. The zero-order valence-electron chi connectivity index (χ0n) is 12.0. The fourth-order valence-electron chi connectivity index (χ4n) is 2.43. The van der Waals surface area contributed by atoms with E-state index in [1.807, 2.05) is 12.1 Å². The van der Waals surface area contributed by atoms with E-state index in [4.69, 9.17) is 16.1 Å². The first-order chi connectivity index (χ1) is 10.7. The molecule has 1 atom stereocenters. The van der Waals surface area contributed by atoms with E-state index in [9.17, 15) is 4.79 Å². The molecule has 1 aromatic carbocycles. The first-order valence-electron chi connectivity index (χ1n) is 7.32. The number of carbonyl (C=O) groups is 1. The number of benzene rings is 1. The molecule has 6 nitrogen and oxygen atoms in total. The molecule has 1 aromatic heterocycles. The van der Waals surface area contributed by atoms with Gasteiger partial charge in [-0.1, -0.05) is 28.9 Å². The summed E-state index contributed by atoms with van der Waals surface area (Å²) in [6.45, 7) is 1.39. The Morgan fingerprint density at radius 2 is 2.41 bits per heavy atom. The third-order valence-electron chi connectivity index (χ3n) is 3.57. The van der Waals surface area contributed by atoms with Crippen molar-refractivity contribution in [1.82, 2.24) is 20.8 Å². The van der Waals surface area contributed by atoms with E-state index in [0.717, 1.165) is 24.9 Å². The van der Waals surface area contributed by atoms with E-state index in [1.54, 1.807) is 12.1 Å². The van der Waals surface area contributed by atoms with Crippen LogP contribution < -0.4 is 10.6 Å². The number of nitrogens with zero attached hydrogens (tertiary/aromatic N) is 2. The van der Waals surface area contributed by atoms with Gasteiger partial charge in [0, 0.05) is 23.6 Å². The molecule has 7 heteroatoms. The second-order valence-corrected chi connectivity index (χ2v) is 5.65. The average Bonchev–Trinajstić information content (AvgIpc) is 3.19. The van der Waals surface area contributed by atoms with Crippen LogP contribution in [0, 0.1) is 0 Å². The number of hydrogen-bond acceptors (Lipinski definition) is 5. The lowest BCUT2D eigenvalue weighted by Crippen LogP contribution is -2.41. The third-order valence-corrected chi connectivity index (χ3v) is 3.80. The van der Waals surface area contributed by atoms with Crippen LogP contribution in [0.25, 0.3) is 11.4 Å². The van der Waals surface area contributed by atoms with E-state index in [2.05, 4.69) is 20.8 Å². The molecule has 1 unspecified atom stereocenters. The molecule has 0 aliphatic carbocycles. The van der Waals surface area contributed by atoms with Gasteiger partial charge in [0.25, 0.3) is 0 Å². The molecule has 3 rings (SSSR count). The molecular formula is C15H17ClN4O2. The number of halogens is 1. The second kappa shape index (κ2) is 6.89. The highest BCUT2D eigenvalue weighted by Gasteiger charge is 2.21. The van der Waals surface area contributed by atoms with Crippen molar-refractivity contribution in [2.45, 2.75) is 25.3 Å². The molecule has 2 aromatic rings. The van der Waals surface area contributed by atoms with E-state index < -0.39 is 0 Å². The topological polar surface area (TPSA) is 80.1 Å². The van der Waals surface area contributed by atoms with Crippen molar-refractivity contribution in [3.05, 3.63) is 35.2 Å². The van der Waals surface area contributed by atoms with E-state index >= 15 is 0 Å². The maximum absolute atomic E-state index is 11.8. The molecule has 2 heterocycles. The minimum Gasteiger partial charge on any atom is -0.354 e. The Morgan fingerprint density at radius 3 is 3.18 bits per heavy atom. The number of rotatable bonds is 5. The second-order valence-electron chi connectivity index (χ2n) is 5.21. The molecule has 0 spiro atoms. The summed E-state index contributed by atoms with van der Waals surface area (Å²) in [5, 5.41) is 10.6. The summed E-state index contributed by atoms with van der Waals surface area (Å²) in [4.78, 5) is 16.2. The van der Waals surface area contributed by atoms with Gasteiger partial charge in [-0.15, -0.1) is 0 Å². The van der Waals surface area contributed by atoms with Crippen molar-refractivity contribution in [2.24, 2.45) is 0 Å². The molecule has 0 radical (unpaired) electrons. The van der Waals surface area contributed by atoms with Gasteiger partial charge in [0.1, 0.15) is 0 Å². The van der Waals surface area contributed by atoms with Crippen molar-refractivity contribution in [2.75, 3.05) is 13.1 Å². The van der Waals surface area contributed by atoms with Gasteiger partial charge in [0.05, 0.1) is 6.04 Å². The summed E-state index contributed by atoms with van der Waals surface area (Å²) in [6.07, 6.45) is 2.45. The van der Waals surface area contributed by atoms with Gasteiger partial charge in [-0.2, -0.15) is 4.98 Å². The molecule has 22 heavy (non-hydrogen) atoms. The van der Waals surface area contributed by atoms with Crippen molar-refractivity contribution in [3.63, 3.8) is 0 Å². The Balaban J connectivity index is 1.52. The Bertz CT molecular complexity index is 652. The SMILES string of the molecule is O=C(NCCc1nc(-c2cccc(Cl)c2)no1)C1CCCN1. The van der Waals surface area contributed by atoms with Crippen LogP contribution in [-0.4, -0.2) is 35.2 Å². The van der Waals surface area contributed by atoms with E-state index in [1.165, 1.54) is 0 Å². The first kappa shape index (κ1) is 15.0. The maximum atomic E-state index is 11.8. The highest BCUT2D eigenvalue weighted by Crippen LogP contribution is 2.19. The van der Waals surface area contributed by atoms with Gasteiger partial charge in [-0.05, 0) is 31.5 Å². The Labute approximate surface area is 133 Å². The van der Waals surface area contributed by atoms with Crippen molar-refractivity contribution in [3.8, 4) is 11.4 Å². The molecule has 1 fully saturated rings. The molecule has 116 valence electrons. The minimum atomic E-state index is -0.0651. The summed E-state index contributed by atoms with van der Waals surface area (Å²) in [5.41, 5.74) is 0.807. The normalized spacial score (nSPS) is 17.6. The Hall–Kier alpha value is -1.92. The lowest BCUT2D eigenvalue weighted by molar-refractivity contribution is -0.122. The summed E-state index contributed by atoms with van der Waals surface area (Å²) < 4.78 is 5.20. The maximum Gasteiger partial charge on any atom is 0.237 e. The zero-order valence-corrected chi connectivity index (χ0v) is 12.8. The van der Waals surface area contributed by atoms with Gasteiger partial charge in [-0.3, -0.25) is 4.79 Å².